The van der Waals surface area contributed by atoms with E-state index >= 15 is 0 Å². The molecule has 148 valence electrons. The number of benzene rings is 2. The molecule has 3 rings (SSSR count). The predicted molar refractivity (Wildman–Crippen MR) is 113 cm³/mol. The van der Waals surface area contributed by atoms with Gasteiger partial charge in [0.15, 0.2) is 0 Å². The van der Waals surface area contributed by atoms with Crippen molar-refractivity contribution in [1.29, 1.82) is 0 Å². The first-order valence-corrected chi connectivity index (χ1v) is 9.87. The van der Waals surface area contributed by atoms with Crippen LogP contribution in [0.3, 0.4) is 0 Å². The summed E-state index contributed by atoms with van der Waals surface area (Å²) in [6.45, 7) is 7.58. The van der Waals surface area contributed by atoms with Crippen molar-refractivity contribution >= 4 is 16.9 Å². The van der Waals surface area contributed by atoms with Gasteiger partial charge < -0.3 is 14.2 Å². The van der Waals surface area contributed by atoms with Gasteiger partial charge in [0.05, 0.1) is 11.0 Å². The van der Waals surface area contributed by atoms with E-state index in [1.807, 2.05) is 55.8 Å². The molecule has 1 aromatic heterocycles. The lowest BCUT2D eigenvalue weighted by Crippen LogP contribution is -2.31. The number of amides is 1. The minimum Gasteiger partial charge on any atom is -0.485 e. The summed E-state index contributed by atoms with van der Waals surface area (Å²) in [6, 6.07) is 14.1. The molecule has 0 bridgehead atoms. The van der Waals surface area contributed by atoms with Gasteiger partial charge in [-0.05, 0) is 49.6 Å². The molecule has 2 aromatic carbocycles. The number of likely N-dealkylation sites (N-methyl/N-ethyl adjacent to an activating group) is 1. The van der Waals surface area contributed by atoms with Gasteiger partial charge in [0.2, 0.25) is 5.91 Å². The van der Waals surface area contributed by atoms with Crippen LogP contribution in [-0.4, -0.2) is 34.0 Å². The second kappa shape index (κ2) is 8.91. The number of hydrogen-bond acceptors (Lipinski definition) is 3. The second-order valence-electron chi connectivity index (χ2n) is 7.33. The van der Waals surface area contributed by atoms with E-state index < -0.39 is 0 Å². The van der Waals surface area contributed by atoms with E-state index in [1.165, 1.54) is 0 Å². The zero-order chi connectivity index (χ0) is 20.1. The zero-order valence-electron chi connectivity index (χ0n) is 17.2. The van der Waals surface area contributed by atoms with Crippen molar-refractivity contribution in [3.05, 3.63) is 59.4 Å². The quantitative estimate of drug-likeness (QED) is 0.579. The molecule has 0 atom stereocenters. The fourth-order valence-electron chi connectivity index (χ4n) is 3.19. The highest BCUT2D eigenvalue weighted by atomic mass is 16.5. The molecule has 0 aliphatic carbocycles. The molecule has 5 nitrogen and oxygen atoms in total. The largest absolute Gasteiger partial charge is 0.485 e. The summed E-state index contributed by atoms with van der Waals surface area (Å²) in [4.78, 5) is 19.2. The number of carbonyl (C=O) groups is 1. The Morgan fingerprint density at radius 2 is 1.96 bits per heavy atom. The van der Waals surface area contributed by atoms with E-state index in [9.17, 15) is 4.79 Å². The number of aryl methyl sites for hydroxylation is 2. The monoisotopic (exact) mass is 379 g/mol. The molecule has 0 saturated heterocycles. The standard InChI is InChI=1S/C23H29N3O2/c1-5-6-13-25(4)23(27)15-26-20-10-8-7-9-19(20)24-22(26)16-28-21-14-17(2)11-12-18(21)3/h7-12,14H,5-6,13,15-16H2,1-4H3. The van der Waals surface area contributed by atoms with Crippen LogP contribution in [-0.2, 0) is 17.9 Å². The van der Waals surface area contributed by atoms with E-state index in [1.54, 1.807) is 4.90 Å². The highest BCUT2D eigenvalue weighted by Crippen LogP contribution is 2.22. The fourth-order valence-corrected chi connectivity index (χ4v) is 3.19. The van der Waals surface area contributed by atoms with Crippen molar-refractivity contribution in [2.24, 2.45) is 0 Å². The van der Waals surface area contributed by atoms with Crippen molar-refractivity contribution < 1.29 is 9.53 Å². The van der Waals surface area contributed by atoms with Gasteiger partial charge in [-0.2, -0.15) is 0 Å². The number of nitrogens with zero attached hydrogens (tertiary/aromatic N) is 3. The molecule has 28 heavy (non-hydrogen) atoms. The summed E-state index contributed by atoms with van der Waals surface area (Å²) in [5, 5.41) is 0. The van der Waals surface area contributed by atoms with E-state index in [-0.39, 0.29) is 12.5 Å². The highest BCUT2D eigenvalue weighted by molar-refractivity contribution is 5.81. The molecule has 0 spiro atoms. The number of unbranched alkanes of at least 4 members (excludes halogenated alkanes) is 1. The third-order valence-corrected chi connectivity index (χ3v) is 5.00. The lowest BCUT2D eigenvalue weighted by molar-refractivity contribution is -0.130. The predicted octanol–water partition coefficient (Wildman–Crippen LogP) is 4.49. The van der Waals surface area contributed by atoms with Crippen LogP contribution in [0.5, 0.6) is 5.75 Å². The second-order valence-corrected chi connectivity index (χ2v) is 7.33. The number of hydrogen-bond donors (Lipinski definition) is 0. The molecule has 0 unspecified atom stereocenters. The highest BCUT2D eigenvalue weighted by Gasteiger charge is 2.16. The van der Waals surface area contributed by atoms with Gasteiger partial charge in [0.25, 0.3) is 0 Å². The lowest BCUT2D eigenvalue weighted by Gasteiger charge is -2.18. The Morgan fingerprint density at radius 1 is 1.18 bits per heavy atom. The van der Waals surface area contributed by atoms with E-state index in [0.29, 0.717) is 6.61 Å². The van der Waals surface area contributed by atoms with Crippen LogP contribution < -0.4 is 4.74 Å². The van der Waals surface area contributed by atoms with Crippen molar-refractivity contribution in [2.75, 3.05) is 13.6 Å². The zero-order valence-corrected chi connectivity index (χ0v) is 17.2. The van der Waals surface area contributed by atoms with Crippen molar-refractivity contribution in [3.8, 4) is 5.75 Å². The van der Waals surface area contributed by atoms with Gasteiger partial charge in [0.1, 0.15) is 24.7 Å². The lowest BCUT2D eigenvalue weighted by atomic mass is 10.1. The van der Waals surface area contributed by atoms with Crippen LogP contribution in [0.1, 0.15) is 36.7 Å². The topological polar surface area (TPSA) is 47.4 Å². The molecule has 0 saturated carbocycles. The third kappa shape index (κ3) is 4.53. The number of ether oxygens (including phenoxy) is 1. The van der Waals surface area contributed by atoms with E-state index in [4.69, 9.17) is 9.72 Å². The molecule has 1 amide bonds. The van der Waals surface area contributed by atoms with Crippen molar-refractivity contribution in [2.45, 2.75) is 46.8 Å². The van der Waals surface area contributed by atoms with Crippen LogP contribution in [0.4, 0.5) is 0 Å². The molecular formula is C23H29N3O2. The Balaban J connectivity index is 1.84. The Labute approximate surface area is 166 Å². The summed E-state index contributed by atoms with van der Waals surface area (Å²) in [5.74, 6) is 1.70. The summed E-state index contributed by atoms with van der Waals surface area (Å²) in [7, 11) is 1.86. The summed E-state index contributed by atoms with van der Waals surface area (Å²) in [6.07, 6.45) is 2.08. The first-order chi connectivity index (χ1) is 13.5. The average Bonchev–Trinajstić information content (AvgIpc) is 3.04. The van der Waals surface area contributed by atoms with E-state index in [0.717, 1.165) is 53.1 Å². The smallest absolute Gasteiger partial charge is 0.242 e. The van der Waals surface area contributed by atoms with Crippen LogP contribution in [0, 0.1) is 13.8 Å². The summed E-state index contributed by atoms with van der Waals surface area (Å²) >= 11 is 0. The fraction of sp³-hybridized carbons (Fsp3) is 0.391. The number of rotatable bonds is 8. The molecule has 5 heteroatoms. The number of fused-ring (bicyclic) bond motifs is 1. The molecule has 0 fully saturated rings. The normalized spacial score (nSPS) is 11.0. The van der Waals surface area contributed by atoms with Gasteiger partial charge in [-0.15, -0.1) is 0 Å². The van der Waals surface area contributed by atoms with Crippen LogP contribution in [0.25, 0.3) is 11.0 Å². The molecule has 1 heterocycles. The van der Waals surface area contributed by atoms with Crippen LogP contribution in [0.2, 0.25) is 0 Å². The first-order valence-electron chi connectivity index (χ1n) is 9.87. The molecule has 0 aliphatic heterocycles. The Kier molecular flexibility index (Phi) is 6.34. The van der Waals surface area contributed by atoms with E-state index in [2.05, 4.69) is 19.1 Å². The average molecular weight is 380 g/mol. The Hall–Kier alpha value is -2.82. The van der Waals surface area contributed by atoms with Gasteiger partial charge in [-0.3, -0.25) is 4.79 Å². The van der Waals surface area contributed by atoms with Gasteiger partial charge >= 0.3 is 0 Å². The maximum atomic E-state index is 12.7. The van der Waals surface area contributed by atoms with Crippen LogP contribution in [0.15, 0.2) is 42.5 Å². The van der Waals surface area contributed by atoms with Crippen LogP contribution >= 0.6 is 0 Å². The Bertz CT molecular complexity index is 962. The number of imidazole rings is 1. The molecule has 0 aliphatic rings. The minimum atomic E-state index is 0.0876. The van der Waals surface area contributed by atoms with Crippen molar-refractivity contribution in [3.63, 3.8) is 0 Å². The third-order valence-electron chi connectivity index (χ3n) is 5.00. The number of para-hydroxylation sites is 2. The molecule has 0 radical (unpaired) electrons. The molecule has 0 N–H and O–H groups in total. The maximum Gasteiger partial charge on any atom is 0.242 e. The summed E-state index contributed by atoms with van der Waals surface area (Å²) in [5.41, 5.74) is 4.08. The first kappa shape index (κ1) is 19.9. The minimum absolute atomic E-state index is 0.0876. The Morgan fingerprint density at radius 3 is 2.75 bits per heavy atom. The van der Waals surface area contributed by atoms with Gasteiger partial charge in [-0.1, -0.05) is 37.6 Å². The SMILES string of the molecule is CCCCN(C)C(=O)Cn1c(COc2cc(C)ccc2C)nc2ccccc21. The summed E-state index contributed by atoms with van der Waals surface area (Å²) < 4.78 is 8.05. The number of aromatic nitrogens is 2. The van der Waals surface area contributed by atoms with Gasteiger partial charge in [0, 0.05) is 13.6 Å². The molecular weight excluding hydrogens is 350 g/mol. The number of carbonyl (C=O) groups excluding carboxylic acids is 1. The molecule has 3 aromatic rings. The maximum absolute atomic E-state index is 12.7. The van der Waals surface area contributed by atoms with Gasteiger partial charge in [-0.25, -0.2) is 4.98 Å². The van der Waals surface area contributed by atoms with Crippen molar-refractivity contribution in [1.82, 2.24) is 14.5 Å².